The third-order valence-electron chi connectivity index (χ3n) is 3.64. The quantitative estimate of drug-likeness (QED) is 0.690. The zero-order chi connectivity index (χ0) is 19.4. The van der Waals surface area contributed by atoms with Gasteiger partial charge in [0.05, 0.1) is 17.4 Å². The minimum absolute atomic E-state index is 0.0879. The normalized spacial score (nSPS) is 10.7. The topological polar surface area (TPSA) is 90.1 Å². The predicted octanol–water partition coefficient (Wildman–Crippen LogP) is 3.91. The molecule has 0 atom stereocenters. The molecule has 27 heavy (non-hydrogen) atoms. The maximum Gasteiger partial charge on any atom is 0.252 e. The van der Waals surface area contributed by atoms with Crippen LogP contribution in [0.3, 0.4) is 0 Å². The Balaban J connectivity index is 1.92. The largest absolute Gasteiger partial charge is 0.490 e. The number of anilines is 2. The van der Waals surface area contributed by atoms with Crippen LogP contribution in [0.1, 0.15) is 24.2 Å². The maximum atomic E-state index is 13.3. The van der Waals surface area contributed by atoms with Gasteiger partial charge in [-0.3, -0.25) is 4.79 Å². The summed E-state index contributed by atoms with van der Waals surface area (Å²) < 4.78 is 19.0. The minimum atomic E-state index is -0.584. The van der Waals surface area contributed by atoms with Crippen molar-refractivity contribution >= 4 is 17.5 Å². The summed E-state index contributed by atoms with van der Waals surface area (Å²) in [6.45, 7) is 3.74. The van der Waals surface area contributed by atoms with Gasteiger partial charge in [-0.05, 0) is 56.3 Å². The maximum absolute atomic E-state index is 13.3. The van der Waals surface area contributed by atoms with Crippen molar-refractivity contribution in [2.45, 2.75) is 20.0 Å². The number of ether oxygens (including phenoxy) is 1. The van der Waals surface area contributed by atoms with Crippen molar-refractivity contribution in [1.82, 2.24) is 9.97 Å². The van der Waals surface area contributed by atoms with Gasteiger partial charge >= 0.3 is 0 Å². The van der Waals surface area contributed by atoms with Crippen molar-refractivity contribution in [2.75, 3.05) is 5.32 Å². The first-order valence-corrected chi connectivity index (χ1v) is 8.39. The van der Waals surface area contributed by atoms with Crippen LogP contribution in [0.4, 0.5) is 16.0 Å². The molecule has 0 spiro atoms. The second-order valence-corrected chi connectivity index (χ2v) is 6.14. The second kappa shape index (κ2) is 7.82. The Hall–Kier alpha value is -3.48. The lowest BCUT2D eigenvalue weighted by Gasteiger charge is -2.14. The summed E-state index contributed by atoms with van der Waals surface area (Å²) in [7, 11) is 0. The fourth-order valence-corrected chi connectivity index (χ4v) is 2.51. The number of aromatic nitrogens is 2. The van der Waals surface area contributed by atoms with Crippen LogP contribution in [0.15, 0.2) is 54.7 Å². The Bertz CT molecular complexity index is 976. The number of carbonyl (C=O) groups is 1. The van der Waals surface area contributed by atoms with E-state index in [4.69, 9.17) is 10.5 Å². The first-order chi connectivity index (χ1) is 12.9. The fraction of sp³-hybridized carbons (Fsp3) is 0.150. The van der Waals surface area contributed by atoms with Gasteiger partial charge in [-0.25, -0.2) is 14.4 Å². The fourth-order valence-electron chi connectivity index (χ4n) is 2.51. The molecule has 1 heterocycles. The molecular formula is C20H19FN4O2. The standard InChI is InChI=1S/C20H19FN4O2/c1-12(2)27-18-7-6-13(10-16(18)19(22)26)17-8-9-23-20(25-17)24-15-5-3-4-14(21)11-15/h3-12H,1-2H3,(H2,22,26)(H,23,24,25). The summed E-state index contributed by atoms with van der Waals surface area (Å²) >= 11 is 0. The van der Waals surface area contributed by atoms with Crippen LogP contribution >= 0.6 is 0 Å². The third-order valence-corrected chi connectivity index (χ3v) is 3.64. The monoisotopic (exact) mass is 366 g/mol. The minimum Gasteiger partial charge on any atom is -0.490 e. The van der Waals surface area contributed by atoms with Crippen LogP contribution < -0.4 is 15.8 Å². The molecule has 0 saturated carbocycles. The lowest BCUT2D eigenvalue weighted by atomic mass is 10.1. The zero-order valence-corrected chi connectivity index (χ0v) is 14.9. The number of carbonyl (C=O) groups excluding carboxylic acids is 1. The van der Waals surface area contributed by atoms with Crippen molar-refractivity contribution in [3.05, 3.63) is 66.1 Å². The number of rotatable bonds is 6. The third kappa shape index (κ3) is 4.58. The Labute approximate surface area is 156 Å². The van der Waals surface area contributed by atoms with Crippen LogP contribution in [0.5, 0.6) is 5.75 Å². The lowest BCUT2D eigenvalue weighted by molar-refractivity contribution is 0.0994. The average molecular weight is 366 g/mol. The van der Waals surface area contributed by atoms with Gasteiger partial charge in [-0.15, -0.1) is 0 Å². The Morgan fingerprint density at radius 1 is 1.19 bits per heavy atom. The number of hydrogen-bond acceptors (Lipinski definition) is 5. The smallest absolute Gasteiger partial charge is 0.252 e. The highest BCUT2D eigenvalue weighted by Gasteiger charge is 2.13. The van der Waals surface area contributed by atoms with E-state index >= 15 is 0 Å². The molecule has 6 nitrogen and oxygen atoms in total. The van der Waals surface area contributed by atoms with Crippen LogP contribution in [-0.4, -0.2) is 22.0 Å². The van der Waals surface area contributed by atoms with Gasteiger partial charge in [0, 0.05) is 17.4 Å². The van der Waals surface area contributed by atoms with Crippen molar-refractivity contribution < 1.29 is 13.9 Å². The summed E-state index contributed by atoms with van der Waals surface area (Å²) in [5.41, 5.74) is 7.56. The van der Waals surface area contributed by atoms with E-state index in [1.54, 1.807) is 42.6 Å². The van der Waals surface area contributed by atoms with Crippen LogP contribution in [-0.2, 0) is 0 Å². The number of primary amides is 1. The van der Waals surface area contributed by atoms with Crippen molar-refractivity contribution in [3.8, 4) is 17.0 Å². The molecular weight excluding hydrogens is 347 g/mol. The lowest BCUT2D eigenvalue weighted by Crippen LogP contribution is -2.15. The van der Waals surface area contributed by atoms with Gasteiger partial charge in [0.2, 0.25) is 5.95 Å². The number of hydrogen-bond donors (Lipinski definition) is 2. The molecule has 0 aliphatic carbocycles. The van der Waals surface area contributed by atoms with Crippen molar-refractivity contribution in [2.24, 2.45) is 5.73 Å². The molecule has 0 radical (unpaired) electrons. The number of halogens is 1. The number of amides is 1. The van der Waals surface area contributed by atoms with Crippen LogP contribution in [0.25, 0.3) is 11.3 Å². The molecule has 3 rings (SSSR count). The highest BCUT2D eigenvalue weighted by Crippen LogP contribution is 2.27. The number of nitrogens with zero attached hydrogens (tertiary/aromatic N) is 2. The van der Waals surface area contributed by atoms with Gasteiger partial charge in [0.15, 0.2) is 0 Å². The summed E-state index contributed by atoms with van der Waals surface area (Å²) in [5, 5.41) is 2.95. The van der Waals surface area contributed by atoms with Crippen LogP contribution in [0.2, 0.25) is 0 Å². The van der Waals surface area contributed by atoms with E-state index in [1.165, 1.54) is 12.1 Å². The summed E-state index contributed by atoms with van der Waals surface area (Å²) in [4.78, 5) is 20.4. The molecule has 0 aliphatic heterocycles. The predicted molar refractivity (Wildman–Crippen MR) is 101 cm³/mol. The van der Waals surface area contributed by atoms with E-state index in [2.05, 4.69) is 15.3 Å². The molecule has 0 aliphatic rings. The highest BCUT2D eigenvalue weighted by atomic mass is 19.1. The summed E-state index contributed by atoms with van der Waals surface area (Å²) in [6.07, 6.45) is 1.49. The SMILES string of the molecule is CC(C)Oc1ccc(-c2ccnc(Nc3cccc(F)c3)n2)cc1C(N)=O. The first-order valence-electron chi connectivity index (χ1n) is 8.39. The molecule has 0 saturated heterocycles. The Morgan fingerprint density at radius 2 is 2.00 bits per heavy atom. The molecule has 0 unspecified atom stereocenters. The molecule has 1 aromatic heterocycles. The van der Waals surface area contributed by atoms with E-state index < -0.39 is 5.91 Å². The molecule has 0 fully saturated rings. The van der Waals surface area contributed by atoms with Crippen LogP contribution in [0, 0.1) is 5.82 Å². The zero-order valence-electron chi connectivity index (χ0n) is 14.9. The van der Waals surface area contributed by atoms with Gasteiger partial charge in [-0.1, -0.05) is 6.07 Å². The first kappa shape index (κ1) is 18.3. The molecule has 7 heteroatoms. The van der Waals surface area contributed by atoms with Gasteiger partial charge in [0.1, 0.15) is 11.6 Å². The average Bonchev–Trinajstić information content (AvgIpc) is 2.61. The van der Waals surface area contributed by atoms with Gasteiger partial charge in [0.25, 0.3) is 5.91 Å². The van der Waals surface area contributed by atoms with E-state index in [9.17, 15) is 9.18 Å². The van der Waals surface area contributed by atoms with E-state index in [0.29, 0.717) is 28.6 Å². The van der Waals surface area contributed by atoms with Gasteiger partial charge in [-0.2, -0.15) is 0 Å². The van der Waals surface area contributed by atoms with Crippen molar-refractivity contribution in [1.29, 1.82) is 0 Å². The second-order valence-electron chi connectivity index (χ2n) is 6.14. The Morgan fingerprint density at radius 3 is 2.70 bits per heavy atom. The summed E-state index contributed by atoms with van der Waals surface area (Å²) in [6, 6.07) is 12.8. The molecule has 0 bridgehead atoms. The van der Waals surface area contributed by atoms with E-state index in [0.717, 1.165) is 0 Å². The molecule has 2 aromatic carbocycles. The molecule has 138 valence electrons. The number of benzene rings is 2. The molecule has 1 amide bonds. The van der Waals surface area contributed by atoms with E-state index in [1.807, 2.05) is 13.8 Å². The highest BCUT2D eigenvalue weighted by molar-refractivity contribution is 5.97. The summed E-state index contributed by atoms with van der Waals surface area (Å²) in [5.74, 6) is -0.211. The van der Waals surface area contributed by atoms with Crippen molar-refractivity contribution in [3.63, 3.8) is 0 Å². The number of nitrogens with one attached hydrogen (secondary N) is 1. The Kier molecular flexibility index (Phi) is 5.30. The number of nitrogens with two attached hydrogens (primary N) is 1. The van der Waals surface area contributed by atoms with E-state index in [-0.39, 0.29) is 17.5 Å². The molecule has 3 N–H and O–H groups in total. The van der Waals surface area contributed by atoms with Gasteiger partial charge < -0.3 is 15.8 Å². The molecule has 3 aromatic rings.